The maximum atomic E-state index is 2.24. The van der Waals surface area contributed by atoms with Gasteiger partial charge < -0.3 is 0 Å². The van der Waals surface area contributed by atoms with Crippen LogP contribution in [-0.4, -0.2) is 0 Å². The van der Waals surface area contributed by atoms with Crippen LogP contribution in [0.5, 0.6) is 0 Å². The quantitative estimate of drug-likeness (QED) is 0.195. The first kappa shape index (κ1) is 28.3. The lowest BCUT2D eigenvalue weighted by Gasteiger charge is -2.19. The fourth-order valence-corrected chi connectivity index (χ4v) is 4.91. The van der Waals surface area contributed by atoms with Gasteiger partial charge >= 0.3 is 0 Å². The van der Waals surface area contributed by atoms with Gasteiger partial charge in [-0.15, -0.1) is 0 Å². The zero-order valence-corrected chi connectivity index (χ0v) is 23.9. The predicted octanol–water partition coefficient (Wildman–Crippen LogP) is 11.2. The molecule has 1 aliphatic carbocycles. The lowest BCUT2D eigenvalue weighted by atomic mass is 9.86. The van der Waals surface area contributed by atoms with Crippen LogP contribution >= 0.6 is 0 Å². The molecule has 42 heavy (non-hydrogen) atoms. The molecule has 6 aromatic rings. The van der Waals surface area contributed by atoms with E-state index in [1.165, 1.54) is 57.3 Å². The highest BCUT2D eigenvalue weighted by Crippen LogP contribution is 2.32. The van der Waals surface area contributed by atoms with Gasteiger partial charge in [0, 0.05) is 0 Å². The van der Waals surface area contributed by atoms with E-state index in [0.29, 0.717) is 0 Å². The Bertz CT molecular complexity index is 1470. The van der Waals surface area contributed by atoms with E-state index in [9.17, 15) is 0 Å². The van der Waals surface area contributed by atoms with E-state index in [2.05, 4.69) is 121 Å². The zero-order chi connectivity index (χ0) is 28.7. The van der Waals surface area contributed by atoms with Gasteiger partial charge in [-0.05, 0) is 57.3 Å². The minimum atomic E-state index is 1.19. The smallest absolute Gasteiger partial charge is 0.0149 e. The molecule has 0 saturated heterocycles. The number of hydrogen-bond acceptors (Lipinski definition) is 0. The molecule has 0 unspecified atom stereocenters. The first-order valence-corrected chi connectivity index (χ1v) is 14.6. The van der Waals surface area contributed by atoms with Crippen LogP contribution in [0.3, 0.4) is 0 Å². The van der Waals surface area contributed by atoms with Crippen molar-refractivity contribution in [1.29, 1.82) is 0 Å². The molecular weight excluding hydrogens is 504 g/mol. The van der Waals surface area contributed by atoms with Crippen LogP contribution < -0.4 is 0 Å². The first-order valence-electron chi connectivity index (χ1n) is 14.6. The van der Waals surface area contributed by atoms with Crippen LogP contribution in [0, 0.1) is 0 Å². The van der Waals surface area contributed by atoms with Gasteiger partial charge in [0.1, 0.15) is 0 Å². The summed E-state index contributed by atoms with van der Waals surface area (Å²) in [6.07, 6.45) is 10.9. The van der Waals surface area contributed by atoms with E-state index in [-0.39, 0.29) is 0 Å². The van der Waals surface area contributed by atoms with Crippen LogP contribution in [0.25, 0.3) is 35.4 Å². The summed E-state index contributed by atoms with van der Waals surface area (Å²) in [5.41, 5.74) is 10.8. The molecule has 0 aromatic heterocycles. The van der Waals surface area contributed by atoms with Gasteiger partial charge in [0.25, 0.3) is 0 Å². The van der Waals surface area contributed by atoms with Gasteiger partial charge in [-0.1, -0.05) is 194 Å². The maximum absolute atomic E-state index is 2.24. The molecule has 0 heteroatoms. The molecule has 1 aliphatic rings. The van der Waals surface area contributed by atoms with Gasteiger partial charge in [0.2, 0.25) is 0 Å². The summed E-state index contributed by atoms with van der Waals surface area (Å²) in [4.78, 5) is 0. The molecule has 204 valence electrons. The molecular formula is C42H36. The third kappa shape index (κ3) is 8.65. The fourth-order valence-electron chi connectivity index (χ4n) is 4.91. The van der Waals surface area contributed by atoms with Crippen LogP contribution in [0.15, 0.2) is 170 Å². The molecule has 0 bridgehead atoms. The highest BCUT2D eigenvalue weighted by atomic mass is 14.2. The molecule has 0 saturated carbocycles. The topological polar surface area (TPSA) is 0 Å². The third-order valence-electron chi connectivity index (χ3n) is 7.12. The molecule has 0 amide bonds. The molecule has 0 atom stereocenters. The minimum absolute atomic E-state index is 1.19. The zero-order valence-electron chi connectivity index (χ0n) is 23.9. The average molecular weight is 541 g/mol. The molecule has 6 aromatic carbocycles. The van der Waals surface area contributed by atoms with Gasteiger partial charge in [-0.3, -0.25) is 0 Å². The van der Waals surface area contributed by atoms with Crippen molar-refractivity contribution in [2.75, 3.05) is 0 Å². The van der Waals surface area contributed by atoms with Crippen LogP contribution in [-0.2, 0) is 12.8 Å². The highest BCUT2D eigenvalue weighted by Gasteiger charge is 2.13. The monoisotopic (exact) mass is 540 g/mol. The van der Waals surface area contributed by atoms with Crippen LogP contribution in [0.4, 0.5) is 0 Å². The minimum Gasteiger partial charge on any atom is -0.0622 e. The first-order chi connectivity index (χ1) is 20.8. The summed E-state index contributed by atoms with van der Waals surface area (Å²) in [5.74, 6) is 0. The summed E-state index contributed by atoms with van der Waals surface area (Å²) >= 11 is 0. The second-order valence-electron chi connectivity index (χ2n) is 10.1. The second-order valence-corrected chi connectivity index (χ2v) is 10.1. The van der Waals surface area contributed by atoms with E-state index in [1.54, 1.807) is 0 Å². The number of rotatable bonds is 4. The van der Waals surface area contributed by atoms with E-state index in [4.69, 9.17) is 0 Å². The molecule has 0 nitrogen and oxygen atoms in total. The highest BCUT2D eigenvalue weighted by molar-refractivity contribution is 5.73. The summed E-state index contributed by atoms with van der Waals surface area (Å²) in [7, 11) is 0. The Balaban J connectivity index is 0.000000126. The number of benzene rings is 6. The van der Waals surface area contributed by atoms with Crippen molar-refractivity contribution in [1.82, 2.24) is 0 Å². The van der Waals surface area contributed by atoms with Crippen molar-refractivity contribution in [3.63, 3.8) is 0 Å². The maximum Gasteiger partial charge on any atom is -0.0149 e. The van der Waals surface area contributed by atoms with E-state index in [0.717, 1.165) is 0 Å². The fraction of sp³-hybridized carbons (Fsp3) is 0.0476. The molecule has 0 heterocycles. The SMILES string of the molecule is C(=C/c1ccccc1)/c1ccccc1.C(=C\c1ccccc1)/c1ccccc1.c1ccc2c(c1)CCc1ccccc1-2. The van der Waals surface area contributed by atoms with Crippen LogP contribution in [0.2, 0.25) is 0 Å². The van der Waals surface area contributed by atoms with Crippen molar-refractivity contribution in [3.8, 4) is 11.1 Å². The molecule has 0 fully saturated rings. The molecule has 0 aliphatic heterocycles. The molecule has 7 rings (SSSR count). The largest absolute Gasteiger partial charge is 0.0622 e. The van der Waals surface area contributed by atoms with Crippen molar-refractivity contribution in [2.45, 2.75) is 12.8 Å². The Kier molecular flexibility index (Phi) is 10.5. The summed E-state index contributed by atoms with van der Waals surface area (Å²) in [6, 6.07) is 58.7. The molecule has 0 spiro atoms. The lowest BCUT2D eigenvalue weighted by molar-refractivity contribution is 0.942. The van der Waals surface area contributed by atoms with Gasteiger partial charge in [-0.2, -0.15) is 0 Å². The molecule has 0 radical (unpaired) electrons. The Morgan fingerprint density at radius 2 is 0.500 bits per heavy atom. The van der Waals surface area contributed by atoms with Crippen molar-refractivity contribution < 1.29 is 0 Å². The third-order valence-corrected chi connectivity index (χ3v) is 7.12. The van der Waals surface area contributed by atoms with E-state index < -0.39 is 0 Å². The Labute approximate surface area is 251 Å². The van der Waals surface area contributed by atoms with Crippen molar-refractivity contribution >= 4 is 24.3 Å². The Hall–Kier alpha value is -5.20. The van der Waals surface area contributed by atoms with E-state index in [1.807, 2.05) is 72.8 Å². The standard InChI is InChI=1S/3C14H12/c1-3-7-13-11(5-1)9-10-12-6-2-4-8-14(12)13;2*1-3-7-13(8-4-1)11-12-14-9-5-2-6-10-14/h1-8H,9-10H2;2*1-12H/b;12-11+;12-11-. The molecule has 0 N–H and O–H groups in total. The van der Waals surface area contributed by atoms with Gasteiger partial charge in [0.05, 0.1) is 0 Å². The number of aryl methyl sites for hydroxylation is 2. The normalized spacial score (nSPS) is 11.4. The van der Waals surface area contributed by atoms with Crippen LogP contribution in [0.1, 0.15) is 33.4 Å². The summed E-state index contributed by atoms with van der Waals surface area (Å²) in [5, 5.41) is 0. The van der Waals surface area contributed by atoms with Crippen molar-refractivity contribution in [2.24, 2.45) is 0 Å². The van der Waals surface area contributed by atoms with Gasteiger partial charge in [0.15, 0.2) is 0 Å². The van der Waals surface area contributed by atoms with Crippen molar-refractivity contribution in [3.05, 3.63) is 203 Å². The van der Waals surface area contributed by atoms with E-state index >= 15 is 0 Å². The predicted molar refractivity (Wildman–Crippen MR) is 183 cm³/mol. The Morgan fingerprint density at radius 3 is 0.786 bits per heavy atom. The number of hydrogen-bond donors (Lipinski definition) is 0. The summed E-state index contributed by atoms with van der Waals surface area (Å²) < 4.78 is 0. The number of fused-ring (bicyclic) bond motifs is 3. The lowest BCUT2D eigenvalue weighted by Crippen LogP contribution is -2.02. The summed E-state index contributed by atoms with van der Waals surface area (Å²) in [6.45, 7) is 0. The second kappa shape index (κ2) is 15.6. The average Bonchev–Trinajstić information content (AvgIpc) is 3.09. The Morgan fingerprint density at radius 1 is 0.262 bits per heavy atom. The van der Waals surface area contributed by atoms with Gasteiger partial charge in [-0.25, -0.2) is 0 Å².